The van der Waals surface area contributed by atoms with Gasteiger partial charge in [-0.15, -0.1) is 0 Å². The summed E-state index contributed by atoms with van der Waals surface area (Å²) >= 11 is 0. The van der Waals surface area contributed by atoms with Crippen molar-refractivity contribution in [1.82, 2.24) is 4.90 Å². The molecule has 0 aromatic heterocycles. The van der Waals surface area contributed by atoms with Gasteiger partial charge >= 0.3 is 0 Å². The highest BCUT2D eigenvalue weighted by molar-refractivity contribution is 5.86. The van der Waals surface area contributed by atoms with Gasteiger partial charge in [-0.2, -0.15) is 0 Å². The third kappa shape index (κ3) is 2.67. The number of nitrogens with zero attached hydrogens (tertiary/aromatic N) is 2. The van der Waals surface area contributed by atoms with E-state index < -0.39 is 0 Å². The third-order valence-corrected chi connectivity index (χ3v) is 5.94. The second kappa shape index (κ2) is 6.04. The zero-order valence-corrected chi connectivity index (χ0v) is 13.3. The summed E-state index contributed by atoms with van der Waals surface area (Å²) in [6.45, 7) is 2.80. The molecule has 2 fully saturated rings. The average Bonchev–Trinajstić information content (AvgIpc) is 3.16. The zero-order valence-electron chi connectivity index (χ0n) is 13.3. The minimum Gasteiger partial charge on any atom is -0.395 e. The molecule has 2 aliphatic carbocycles. The van der Waals surface area contributed by atoms with Crippen LogP contribution in [0.2, 0.25) is 0 Å². The summed E-state index contributed by atoms with van der Waals surface area (Å²) in [5, 5.41) is 4.26. The van der Waals surface area contributed by atoms with Crippen LogP contribution < -0.4 is 0 Å². The van der Waals surface area contributed by atoms with Crippen molar-refractivity contribution >= 4 is 5.71 Å². The molecule has 1 atom stereocenters. The zero-order chi connectivity index (χ0) is 14.8. The van der Waals surface area contributed by atoms with Crippen LogP contribution in [0.3, 0.4) is 0 Å². The monoisotopic (exact) mass is 298 g/mol. The van der Waals surface area contributed by atoms with Crippen LogP contribution in [0.25, 0.3) is 0 Å². The molecule has 1 unspecified atom stereocenters. The van der Waals surface area contributed by atoms with Gasteiger partial charge in [-0.05, 0) is 36.7 Å². The molecule has 0 saturated heterocycles. The molecule has 118 valence electrons. The van der Waals surface area contributed by atoms with Crippen molar-refractivity contribution in [2.24, 2.45) is 10.6 Å². The smallest absolute Gasteiger partial charge is 0.122 e. The SMILES string of the molecule is c1ccc(CN(CC2=NOCC2)C2CCCC23CCC3)cc1. The van der Waals surface area contributed by atoms with E-state index in [9.17, 15) is 0 Å². The molecule has 0 N–H and O–H groups in total. The first kappa shape index (κ1) is 14.3. The van der Waals surface area contributed by atoms with Crippen LogP contribution in [0.1, 0.15) is 50.5 Å². The summed E-state index contributed by atoms with van der Waals surface area (Å²) < 4.78 is 0. The summed E-state index contributed by atoms with van der Waals surface area (Å²) in [5.41, 5.74) is 3.27. The molecule has 3 nitrogen and oxygen atoms in total. The van der Waals surface area contributed by atoms with E-state index in [1.54, 1.807) is 0 Å². The van der Waals surface area contributed by atoms with Gasteiger partial charge in [-0.25, -0.2) is 0 Å². The predicted octanol–water partition coefficient (Wildman–Crippen LogP) is 3.99. The molecular weight excluding hydrogens is 272 g/mol. The minimum atomic E-state index is 0.620. The molecule has 2 saturated carbocycles. The van der Waals surface area contributed by atoms with Crippen LogP contribution in [0.5, 0.6) is 0 Å². The Morgan fingerprint density at radius 1 is 1.09 bits per heavy atom. The van der Waals surface area contributed by atoms with E-state index in [1.807, 2.05) is 0 Å². The first-order valence-corrected chi connectivity index (χ1v) is 8.81. The Labute approximate surface area is 133 Å². The lowest BCUT2D eigenvalue weighted by molar-refractivity contribution is 0.0262. The first-order chi connectivity index (χ1) is 10.9. The van der Waals surface area contributed by atoms with Crippen LogP contribution in [-0.2, 0) is 11.4 Å². The Balaban J connectivity index is 1.54. The van der Waals surface area contributed by atoms with Crippen LogP contribution in [0.4, 0.5) is 0 Å². The van der Waals surface area contributed by atoms with Crippen molar-refractivity contribution in [2.75, 3.05) is 13.2 Å². The second-order valence-electron chi connectivity index (χ2n) is 7.26. The molecule has 1 heterocycles. The van der Waals surface area contributed by atoms with Crippen LogP contribution >= 0.6 is 0 Å². The average molecular weight is 298 g/mol. The van der Waals surface area contributed by atoms with Gasteiger partial charge in [0.1, 0.15) is 6.61 Å². The van der Waals surface area contributed by atoms with Gasteiger partial charge in [0.15, 0.2) is 0 Å². The summed E-state index contributed by atoms with van der Waals surface area (Å²) in [6, 6.07) is 11.6. The van der Waals surface area contributed by atoms with E-state index in [0.717, 1.165) is 32.2 Å². The second-order valence-corrected chi connectivity index (χ2v) is 7.26. The molecule has 1 spiro atoms. The summed E-state index contributed by atoms with van der Waals surface area (Å²) in [5.74, 6) is 0. The normalized spacial score (nSPS) is 26.0. The van der Waals surface area contributed by atoms with Crippen LogP contribution in [-0.4, -0.2) is 29.8 Å². The van der Waals surface area contributed by atoms with E-state index in [2.05, 4.69) is 40.4 Å². The van der Waals surface area contributed by atoms with Gasteiger partial charge in [0.05, 0.1) is 5.71 Å². The number of oxime groups is 1. The fourth-order valence-corrected chi connectivity index (χ4v) is 4.69. The van der Waals surface area contributed by atoms with Gasteiger partial charge in [0, 0.05) is 25.6 Å². The number of hydrogen-bond donors (Lipinski definition) is 0. The molecule has 0 radical (unpaired) electrons. The molecule has 1 aliphatic heterocycles. The standard InChI is InChI=1S/C19H26N2O/c1-2-6-16(7-3-1)14-21(15-17-9-13-22-20-17)18-8-4-10-19(18)11-5-12-19/h1-3,6-7,18H,4-5,8-15H2. The summed E-state index contributed by atoms with van der Waals surface area (Å²) in [4.78, 5) is 7.93. The lowest BCUT2D eigenvalue weighted by atomic mass is 9.65. The van der Waals surface area contributed by atoms with Crippen molar-refractivity contribution < 1.29 is 4.84 Å². The molecule has 22 heavy (non-hydrogen) atoms. The highest BCUT2D eigenvalue weighted by Gasteiger charge is 2.49. The lowest BCUT2D eigenvalue weighted by Gasteiger charge is -2.48. The van der Waals surface area contributed by atoms with Crippen LogP contribution in [0, 0.1) is 5.41 Å². The minimum absolute atomic E-state index is 0.620. The van der Waals surface area contributed by atoms with Crippen molar-refractivity contribution in [3.05, 3.63) is 35.9 Å². The van der Waals surface area contributed by atoms with Crippen LogP contribution in [0.15, 0.2) is 35.5 Å². The maximum atomic E-state index is 5.22. The van der Waals surface area contributed by atoms with E-state index in [4.69, 9.17) is 4.84 Å². The Kier molecular flexibility index (Phi) is 3.91. The number of benzene rings is 1. The van der Waals surface area contributed by atoms with Crippen molar-refractivity contribution in [1.29, 1.82) is 0 Å². The largest absolute Gasteiger partial charge is 0.395 e. The predicted molar refractivity (Wildman–Crippen MR) is 88.8 cm³/mol. The molecule has 3 heteroatoms. The Morgan fingerprint density at radius 2 is 1.91 bits per heavy atom. The fraction of sp³-hybridized carbons (Fsp3) is 0.632. The van der Waals surface area contributed by atoms with Gasteiger partial charge in [0.25, 0.3) is 0 Å². The third-order valence-electron chi connectivity index (χ3n) is 5.94. The quantitative estimate of drug-likeness (QED) is 0.821. The fourth-order valence-electron chi connectivity index (χ4n) is 4.69. The van der Waals surface area contributed by atoms with Gasteiger partial charge in [-0.1, -0.05) is 48.3 Å². The van der Waals surface area contributed by atoms with Gasteiger partial charge in [-0.3, -0.25) is 4.90 Å². The topological polar surface area (TPSA) is 24.8 Å². The summed E-state index contributed by atoms with van der Waals surface area (Å²) in [6.07, 6.45) is 9.51. The molecule has 1 aromatic carbocycles. The van der Waals surface area contributed by atoms with E-state index in [1.165, 1.54) is 49.8 Å². The van der Waals surface area contributed by atoms with E-state index >= 15 is 0 Å². The van der Waals surface area contributed by atoms with Crippen molar-refractivity contribution in [2.45, 2.75) is 57.5 Å². The van der Waals surface area contributed by atoms with Crippen molar-refractivity contribution in [3.63, 3.8) is 0 Å². The summed E-state index contributed by atoms with van der Waals surface area (Å²) in [7, 11) is 0. The Bertz CT molecular complexity index is 536. The molecule has 0 amide bonds. The van der Waals surface area contributed by atoms with E-state index in [0.29, 0.717) is 5.41 Å². The van der Waals surface area contributed by atoms with Gasteiger partial charge in [0.2, 0.25) is 0 Å². The molecule has 0 bridgehead atoms. The van der Waals surface area contributed by atoms with E-state index in [-0.39, 0.29) is 0 Å². The van der Waals surface area contributed by atoms with Gasteiger partial charge < -0.3 is 4.84 Å². The maximum Gasteiger partial charge on any atom is 0.122 e. The molecule has 4 rings (SSSR count). The number of hydrogen-bond acceptors (Lipinski definition) is 3. The molecule has 3 aliphatic rings. The Hall–Kier alpha value is -1.35. The highest BCUT2D eigenvalue weighted by Crippen LogP contribution is 2.55. The molecular formula is C19H26N2O. The Morgan fingerprint density at radius 3 is 2.59 bits per heavy atom. The first-order valence-electron chi connectivity index (χ1n) is 8.81. The molecule has 1 aromatic rings. The number of rotatable bonds is 5. The maximum absolute atomic E-state index is 5.22. The lowest BCUT2D eigenvalue weighted by Crippen LogP contribution is -2.49. The highest BCUT2D eigenvalue weighted by atomic mass is 16.6. The van der Waals surface area contributed by atoms with Crippen molar-refractivity contribution in [3.8, 4) is 0 Å².